The van der Waals surface area contributed by atoms with E-state index in [0.29, 0.717) is 0 Å². The second-order valence-corrected chi connectivity index (χ2v) is 4.54. The first-order valence-corrected chi connectivity index (χ1v) is 5.76. The van der Waals surface area contributed by atoms with E-state index in [-0.39, 0.29) is 0 Å². The minimum atomic E-state index is 0.931. The number of hydrogen-bond acceptors (Lipinski definition) is 1. The fourth-order valence-corrected chi connectivity index (χ4v) is 2.37. The molecule has 0 atom stereocenters. The Morgan fingerprint density at radius 3 is 2.47 bits per heavy atom. The average molecular weight is 225 g/mol. The molecule has 0 bridgehead atoms. The molecule has 2 heteroatoms. The first-order chi connectivity index (χ1) is 8.19. The Morgan fingerprint density at radius 1 is 0.941 bits per heavy atom. The Hall–Kier alpha value is -1.96. The number of aromatic nitrogens is 1. The van der Waals surface area contributed by atoms with E-state index in [1.165, 1.54) is 27.4 Å². The fraction of sp³-hybridized carbons (Fsp3) is 0.200. The molecular weight excluding hydrogens is 210 g/mol. The van der Waals surface area contributed by atoms with Crippen LogP contribution in [-0.2, 0) is 0 Å². The van der Waals surface area contributed by atoms with Crippen LogP contribution in [0.3, 0.4) is 0 Å². The normalized spacial score (nSPS) is 11.2. The molecule has 3 aromatic rings. The monoisotopic (exact) mass is 225 g/mol. The second-order valence-electron chi connectivity index (χ2n) is 4.54. The van der Waals surface area contributed by atoms with Gasteiger partial charge in [0.05, 0.1) is 12.6 Å². The van der Waals surface area contributed by atoms with Crippen molar-refractivity contribution >= 4 is 21.8 Å². The van der Waals surface area contributed by atoms with Crippen molar-refractivity contribution in [3.05, 3.63) is 41.5 Å². The highest BCUT2D eigenvalue weighted by Crippen LogP contribution is 2.31. The van der Waals surface area contributed by atoms with Crippen molar-refractivity contribution in [1.82, 2.24) is 4.98 Å². The maximum atomic E-state index is 5.35. The third-order valence-electron chi connectivity index (χ3n) is 3.27. The zero-order valence-electron chi connectivity index (χ0n) is 10.3. The van der Waals surface area contributed by atoms with Gasteiger partial charge in [-0.1, -0.05) is 11.6 Å². The predicted octanol–water partition coefficient (Wildman–Crippen LogP) is 3.95. The number of fused-ring (bicyclic) bond motifs is 3. The van der Waals surface area contributed by atoms with Crippen molar-refractivity contribution in [3.63, 3.8) is 0 Å². The fourth-order valence-electron chi connectivity index (χ4n) is 2.37. The Morgan fingerprint density at radius 2 is 1.71 bits per heavy atom. The van der Waals surface area contributed by atoms with E-state index in [0.717, 1.165) is 11.3 Å². The smallest absolute Gasteiger partial charge is 0.123 e. The van der Waals surface area contributed by atoms with Gasteiger partial charge < -0.3 is 9.72 Å². The van der Waals surface area contributed by atoms with E-state index < -0.39 is 0 Å². The summed E-state index contributed by atoms with van der Waals surface area (Å²) in [5, 5.41) is 2.55. The molecule has 2 aromatic carbocycles. The maximum absolute atomic E-state index is 5.35. The molecule has 1 N–H and O–H groups in total. The maximum Gasteiger partial charge on any atom is 0.123 e. The number of benzene rings is 2. The topological polar surface area (TPSA) is 25.0 Å². The van der Waals surface area contributed by atoms with Gasteiger partial charge in [0.1, 0.15) is 5.75 Å². The summed E-state index contributed by atoms with van der Waals surface area (Å²) in [4.78, 5) is 3.43. The summed E-state index contributed by atoms with van der Waals surface area (Å²) in [5.41, 5.74) is 4.76. The van der Waals surface area contributed by atoms with Gasteiger partial charge in [-0.15, -0.1) is 0 Å². The lowest BCUT2D eigenvalue weighted by Gasteiger charge is -2.04. The minimum absolute atomic E-state index is 0.931. The van der Waals surface area contributed by atoms with Crippen molar-refractivity contribution in [3.8, 4) is 5.75 Å². The molecule has 0 radical (unpaired) electrons. The van der Waals surface area contributed by atoms with Crippen molar-refractivity contribution in [1.29, 1.82) is 0 Å². The number of H-pyrrole nitrogens is 1. The van der Waals surface area contributed by atoms with Crippen LogP contribution in [0.4, 0.5) is 0 Å². The Labute approximate surface area is 100 Å². The molecule has 0 saturated heterocycles. The van der Waals surface area contributed by atoms with Gasteiger partial charge in [0.15, 0.2) is 0 Å². The average Bonchev–Trinajstić information content (AvgIpc) is 2.65. The van der Waals surface area contributed by atoms with E-state index in [1.807, 2.05) is 0 Å². The number of methoxy groups -OCH3 is 1. The lowest BCUT2D eigenvalue weighted by atomic mass is 10.1. The molecule has 0 fully saturated rings. The molecule has 1 heterocycles. The summed E-state index contributed by atoms with van der Waals surface area (Å²) in [6, 6.07) is 10.7. The third kappa shape index (κ3) is 1.48. The minimum Gasteiger partial charge on any atom is -0.496 e. The summed E-state index contributed by atoms with van der Waals surface area (Å²) in [5.74, 6) is 0.931. The number of rotatable bonds is 1. The van der Waals surface area contributed by atoms with Crippen LogP contribution in [-0.4, -0.2) is 12.1 Å². The molecule has 0 aliphatic carbocycles. The van der Waals surface area contributed by atoms with Crippen LogP contribution < -0.4 is 4.74 Å². The zero-order chi connectivity index (χ0) is 12.0. The van der Waals surface area contributed by atoms with Gasteiger partial charge in [-0.3, -0.25) is 0 Å². The highest BCUT2D eigenvalue weighted by Gasteiger charge is 2.07. The second kappa shape index (κ2) is 3.52. The summed E-state index contributed by atoms with van der Waals surface area (Å²) >= 11 is 0. The van der Waals surface area contributed by atoms with Crippen LogP contribution in [0.5, 0.6) is 5.75 Å². The summed E-state index contributed by atoms with van der Waals surface area (Å²) in [6.07, 6.45) is 0. The van der Waals surface area contributed by atoms with Crippen LogP contribution >= 0.6 is 0 Å². The number of hydrogen-bond donors (Lipinski definition) is 1. The molecule has 17 heavy (non-hydrogen) atoms. The van der Waals surface area contributed by atoms with Gasteiger partial charge in [0.2, 0.25) is 0 Å². The van der Waals surface area contributed by atoms with Gasteiger partial charge in [-0.2, -0.15) is 0 Å². The van der Waals surface area contributed by atoms with Crippen LogP contribution in [0, 0.1) is 13.8 Å². The number of ether oxygens (including phenoxy) is 1. The molecule has 1 aromatic heterocycles. The molecule has 0 aliphatic heterocycles. The Balaban J connectivity index is 2.44. The summed E-state index contributed by atoms with van der Waals surface area (Å²) < 4.78 is 5.35. The molecular formula is C15H15NO. The lowest BCUT2D eigenvalue weighted by molar-refractivity contribution is 0.412. The molecule has 0 saturated carbocycles. The molecule has 0 unspecified atom stereocenters. The van der Waals surface area contributed by atoms with E-state index >= 15 is 0 Å². The van der Waals surface area contributed by atoms with Crippen LogP contribution in [0.1, 0.15) is 11.1 Å². The number of nitrogens with one attached hydrogen (secondary N) is 1. The van der Waals surface area contributed by atoms with Crippen molar-refractivity contribution in [2.45, 2.75) is 13.8 Å². The highest BCUT2D eigenvalue weighted by molar-refractivity contribution is 6.08. The van der Waals surface area contributed by atoms with E-state index in [2.05, 4.69) is 49.2 Å². The largest absolute Gasteiger partial charge is 0.496 e. The van der Waals surface area contributed by atoms with Gasteiger partial charge in [0.25, 0.3) is 0 Å². The molecule has 86 valence electrons. The Bertz CT molecular complexity index is 710. The van der Waals surface area contributed by atoms with Gasteiger partial charge in [-0.05, 0) is 37.6 Å². The molecule has 0 amide bonds. The van der Waals surface area contributed by atoms with Gasteiger partial charge >= 0.3 is 0 Å². The summed E-state index contributed by atoms with van der Waals surface area (Å²) in [6.45, 7) is 4.20. The molecule has 0 spiro atoms. The predicted molar refractivity (Wildman–Crippen MR) is 71.8 cm³/mol. The van der Waals surface area contributed by atoms with Crippen molar-refractivity contribution in [2.75, 3.05) is 7.11 Å². The van der Waals surface area contributed by atoms with Gasteiger partial charge in [0, 0.05) is 22.4 Å². The van der Waals surface area contributed by atoms with Crippen LogP contribution in [0.15, 0.2) is 30.3 Å². The molecule has 2 nitrogen and oxygen atoms in total. The number of aromatic amines is 1. The zero-order valence-corrected chi connectivity index (χ0v) is 10.3. The highest BCUT2D eigenvalue weighted by atomic mass is 16.5. The van der Waals surface area contributed by atoms with E-state index in [1.54, 1.807) is 7.11 Å². The third-order valence-corrected chi connectivity index (χ3v) is 3.27. The molecule has 0 aliphatic rings. The SMILES string of the molecule is COc1cc2[nH]c3ccc(C)cc3c2cc1C. The van der Waals surface area contributed by atoms with Crippen molar-refractivity contribution < 1.29 is 4.74 Å². The van der Waals surface area contributed by atoms with Crippen LogP contribution in [0.25, 0.3) is 21.8 Å². The first kappa shape index (κ1) is 10.2. The Kier molecular flexibility index (Phi) is 2.11. The summed E-state index contributed by atoms with van der Waals surface area (Å²) in [7, 11) is 1.71. The standard InChI is InChI=1S/C15H15NO/c1-9-4-5-13-11(6-9)12-7-10(2)15(17-3)8-14(12)16-13/h4-8,16H,1-3H3. The lowest BCUT2D eigenvalue weighted by Crippen LogP contribution is -1.86. The first-order valence-electron chi connectivity index (χ1n) is 5.76. The van der Waals surface area contributed by atoms with Crippen molar-refractivity contribution in [2.24, 2.45) is 0 Å². The van der Waals surface area contributed by atoms with Gasteiger partial charge in [-0.25, -0.2) is 0 Å². The van der Waals surface area contributed by atoms with Crippen LogP contribution in [0.2, 0.25) is 0 Å². The van der Waals surface area contributed by atoms with E-state index in [9.17, 15) is 0 Å². The van der Waals surface area contributed by atoms with E-state index in [4.69, 9.17) is 4.74 Å². The molecule has 3 rings (SSSR count). The quantitative estimate of drug-likeness (QED) is 0.666. The number of aryl methyl sites for hydroxylation is 2.